The quantitative estimate of drug-likeness (QED) is 0.188. The topological polar surface area (TPSA) is 0 Å². The molecule has 0 fully saturated rings. The normalized spacial score (nSPS) is 13.2. The van der Waals surface area contributed by atoms with Crippen LogP contribution in [0.1, 0.15) is 17.5 Å². The average Bonchev–Trinajstić information content (AvgIpc) is 3.11. The molecule has 8 rings (SSSR count). The van der Waals surface area contributed by atoms with Crippen LogP contribution in [-0.4, -0.2) is 0 Å². The van der Waals surface area contributed by atoms with Crippen molar-refractivity contribution in [1.82, 2.24) is 0 Å². The van der Waals surface area contributed by atoms with Gasteiger partial charge in [-0.25, -0.2) is 0 Å². The van der Waals surface area contributed by atoms with Crippen molar-refractivity contribution in [3.05, 3.63) is 169 Å². The summed E-state index contributed by atoms with van der Waals surface area (Å²) < 4.78 is 17.5. The molecule has 0 saturated carbocycles. The van der Waals surface area contributed by atoms with Crippen molar-refractivity contribution in [2.45, 2.75) is 27.5 Å². The second-order valence-corrected chi connectivity index (χ2v) is 13.9. The number of hydrogen-bond donors (Lipinski definition) is 0. The lowest BCUT2D eigenvalue weighted by Crippen LogP contribution is -2.03. The van der Waals surface area contributed by atoms with Crippen LogP contribution < -0.4 is 0 Å². The number of fused-ring (bicyclic) bond motifs is 3. The van der Waals surface area contributed by atoms with E-state index in [4.69, 9.17) is 0 Å². The van der Waals surface area contributed by atoms with Gasteiger partial charge in [-0.15, -0.1) is 0 Å². The number of rotatable bonds is 5. The van der Waals surface area contributed by atoms with E-state index in [1.165, 1.54) is 49.4 Å². The average molecular weight is 587 g/mol. The summed E-state index contributed by atoms with van der Waals surface area (Å²) in [6, 6.07) is 51.7. The van der Waals surface area contributed by atoms with Crippen LogP contribution in [0.4, 0.5) is 3.89 Å². The fourth-order valence-electron chi connectivity index (χ4n) is 6.80. The molecule has 7 aromatic carbocycles. The number of hydrogen-bond acceptors (Lipinski definition) is 0. The molecule has 1 aliphatic carbocycles. The Morgan fingerprint density at radius 3 is 1.70 bits per heavy atom. The van der Waals surface area contributed by atoms with Gasteiger partial charge in [0, 0.05) is 14.7 Å². The summed E-state index contributed by atoms with van der Waals surface area (Å²) in [5.74, 6) is 0. The van der Waals surface area contributed by atoms with E-state index >= 15 is 3.89 Å². The molecule has 0 bridgehead atoms. The molecule has 0 saturated heterocycles. The monoisotopic (exact) mass is 586 g/mol. The third kappa shape index (κ3) is 4.37. The van der Waals surface area contributed by atoms with Crippen LogP contribution in [0.25, 0.3) is 49.9 Å². The van der Waals surface area contributed by atoms with Crippen LogP contribution in [0, 0.1) is 0 Å². The minimum Gasteiger partial charge on any atom is -0.175 e. The summed E-state index contributed by atoms with van der Waals surface area (Å²) >= 11 is 0. The minimum absolute atomic E-state index is 0.713. The van der Waals surface area contributed by atoms with E-state index in [1.54, 1.807) is 0 Å². The van der Waals surface area contributed by atoms with Gasteiger partial charge in [-0.1, -0.05) is 121 Å². The Bertz CT molecular complexity index is 2120. The zero-order chi connectivity index (χ0) is 29.5. The van der Waals surface area contributed by atoms with Crippen molar-refractivity contribution in [2.75, 3.05) is 0 Å². The summed E-state index contributed by atoms with van der Waals surface area (Å²) in [6.45, 7) is 0. The molecule has 0 unspecified atom stereocenters. The molecule has 0 radical (unpaired) electrons. The molecule has 44 heavy (non-hydrogen) atoms. The molecule has 0 atom stereocenters. The zero-order valence-electron chi connectivity index (χ0n) is 24.3. The Morgan fingerprint density at radius 2 is 1.02 bits per heavy atom. The van der Waals surface area contributed by atoms with E-state index < -0.39 is 10.4 Å². The predicted octanol–water partition coefficient (Wildman–Crippen LogP) is 12.5. The Hall–Kier alpha value is -4.92. The van der Waals surface area contributed by atoms with Gasteiger partial charge in [-0.2, -0.15) is 3.89 Å². The van der Waals surface area contributed by atoms with Gasteiger partial charge in [0.25, 0.3) is 0 Å². The first-order valence-electron chi connectivity index (χ1n) is 15.2. The lowest BCUT2D eigenvalue weighted by molar-refractivity contribution is 0.870. The second-order valence-electron chi connectivity index (χ2n) is 11.4. The van der Waals surface area contributed by atoms with E-state index in [-0.39, 0.29) is 0 Å². The van der Waals surface area contributed by atoms with Crippen molar-refractivity contribution in [3.8, 4) is 22.3 Å². The summed E-state index contributed by atoms with van der Waals surface area (Å²) in [5.41, 5.74) is 7.58. The molecule has 1 aliphatic rings. The van der Waals surface area contributed by atoms with Crippen molar-refractivity contribution < 1.29 is 3.89 Å². The molecule has 0 N–H and O–H groups in total. The molecule has 0 nitrogen and oxygen atoms in total. The highest BCUT2D eigenvalue weighted by molar-refractivity contribution is 8.29. The molecule has 0 amide bonds. The van der Waals surface area contributed by atoms with Gasteiger partial charge in [0.15, 0.2) is 0 Å². The van der Waals surface area contributed by atoms with Crippen molar-refractivity contribution >= 4 is 38.0 Å². The SMILES string of the molecule is FS(c1ccccc1)(c1ccccc1)c1ccc(-c2c3c(c(-c4ccc5ccccc5c4)c4ccccc24)C=CCC3)cc1. The van der Waals surface area contributed by atoms with E-state index in [0.717, 1.165) is 18.4 Å². The highest BCUT2D eigenvalue weighted by Crippen LogP contribution is 2.69. The first-order valence-corrected chi connectivity index (χ1v) is 16.7. The van der Waals surface area contributed by atoms with Gasteiger partial charge in [-0.3, -0.25) is 0 Å². The van der Waals surface area contributed by atoms with E-state index in [2.05, 4.69) is 91.0 Å². The standard InChI is InChI=1S/C42H31FS/c43-44(34-15-3-1-4-16-34,35-17-5-2-6-18-35)36-27-25-31(26-28-36)41-37-19-9-11-21-39(37)42(40-22-12-10-20-38(40)41)33-24-23-30-13-7-8-14-32(30)29-33/h1-9,11-19,21-29H,10,20H2. The van der Waals surface area contributed by atoms with Crippen molar-refractivity contribution in [2.24, 2.45) is 0 Å². The number of benzene rings is 7. The molecular weight excluding hydrogens is 556 g/mol. The first kappa shape index (κ1) is 26.7. The van der Waals surface area contributed by atoms with Crippen LogP contribution in [-0.2, 0) is 6.42 Å². The summed E-state index contributed by atoms with van der Waals surface area (Å²) in [5, 5.41) is 4.98. The zero-order valence-corrected chi connectivity index (χ0v) is 25.1. The molecule has 0 aliphatic heterocycles. The molecule has 0 aromatic heterocycles. The van der Waals surface area contributed by atoms with Gasteiger partial charge >= 0.3 is 0 Å². The highest BCUT2D eigenvalue weighted by atomic mass is 32.3. The van der Waals surface area contributed by atoms with Crippen LogP contribution in [0.2, 0.25) is 0 Å². The summed E-state index contributed by atoms with van der Waals surface area (Å²) in [4.78, 5) is 2.14. The van der Waals surface area contributed by atoms with Crippen LogP contribution in [0.5, 0.6) is 0 Å². The third-order valence-corrected chi connectivity index (χ3v) is 11.6. The molecule has 7 aromatic rings. The molecular formula is C42H31FS. The van der Waals surface area contributed by atoms with Gasteiger partial charge in [0.1, 0.15) is 0 Å². The predicted molar refractivity (Wildman–Crippen MR) is 186 cm³/mol. The van der Waals surface area contributed by atoms with Crippen LogP contribution in [0.15, 0.2) is 172 Å². The summed E-state index contributed by atoms with van der Waals surface area (Å²) in [6.07, 6.45) is 6.60. The Balaban J connectivity index is 1.33. The van der Waals surface area contributed by atoms with Gasteiger partial charge in [0.05, 0.1) is 0 Å². The van der Waals surface area contributed by atoms with Crippen molar-refractivity contribution in [1.29, 1.82) is 0 Å². The molecule has 2 heteroatoms. The Kier molecular flexibility index (Phi) is 6.65. The largest absolute Gasteiger partial charge is 0.175 e. The number of allylic oxidation sites excluding steroid dienone is 1. The first-order chi connectivity index (χ1) is 21.7. The maximum absolute atomic E-state index is 17.5. The number of halogens is 1. The van der Waals surface area contributed by atoms with E-state index in [1.807, 2.05) is 72.8 Å². The Labute approximate surface area is 259 Å². The highest BCUT2D eigenvalue weighted by Gasteiger charge is 2.31. The van der Waals surface area contributed by atoms with Crippen molar-refractivity contribution in [3.63, 3.8) is 0 Å². The molecule has 0 spiro atoms. The fraction of sp³-hybridized carbons (Fsp3) is 0.0476. The second kappa shape index (κ2) is 11.0. The molecule has 0 heterocycles. The van der Waals surface area contributed by atoms with E-state index in [9.17, 15) is 0 Å². The smallest absolute Gasteiger partial charge is 0.0264 e. The van der Waals surface area contributed by atoms with Crippen LogP contribution >= 0.6 is 10.4 Å². The van der Waals surface area contributed by atoms with E-state index in [0.29, 0.717) is 14.7 Å². The lowest BCUT2D eigenvalue weighted by atomic mass is 9.80. The fourth-order valence-corrected chi connectivity index (χ4v) is 9.20. The maximum atomic E-state index is 17.5. The van der Waals surface area contributed by atoms with Gasteiger partial charge < -0.3 is 0 Å². The maximum Gasteiger partial charge on any atom is 0.0264 e. The lowest BCUT2D eigenvalue weighted by Gasteiger charge is -2.32. The Morgan fingerprint density at radius 1 is 0.477 bits per heavy atom. The van der Waals surface area contributed by atoms with Crippen LogP contribution in [0.3, 0.4) is 0 Å². The van der Waals surface area contributed by atoms with Gasteiger partial charge in [0.2, 0.25) is 0 Å². The third-order valence-electron chi connectivity index (χ3n) is 8.85. The van der Waals surface area contributed by atoms with Gasteiger partial charge in [-0.05, 0) is 121 Å². The minimum atomic E-state index is -2.91. The molecule has 212 valence electrons. The summed E-state index contributed by atoms with van der Waals surface area (Å²) in [7, 11) is -2.91.